The highest BCUT2D eigenvalue weighted by Gasteiger charge is 2.28. The van der Waals surface area contributed by atoms with Crippen molar-refractivity contribution in [2.24, 2.45) is 0 Å². The van der Waals surface area contributed by atoms with Gasteiger partial charge in [-0.3, -0.25) is 4.79 Å². The van der Waals surface area contributed by atoms with Crippen molar-refractivity contribution in [3.8, 4) is 0 Å². The van der Waals surface area contributed by atoms with Crippen LogP contribution in [-0.4, -0.2) is 46.2 Å². The van der Waals surface area contributed by atoms with E-state index in [4.69, 9.17) is 0 Å². The van der Waals surface area contributed by atoms with Crippen molar-refractivity contribution in [2.75, 3.05) is 19.6 Å². The van der Waals surface area contributed by atoms with E-state index in [0.717, 1.165) is 13.1 Å². The lowest BCUT2D eigenvalue weighted by atomic mass is 10.0. The first kappa shape index (κ1) is 11.0. The number of piperazine rings is 1. The van der Waals surface area contributed by atoms with Crippen LogP contribution in [0.25, 0.3) is 0 Å². The molecule has 1 N–H and O–H groups in total. The van der Waals surface area contributed by atoms with Gasteiger partial charge in [-0.25, -0.2) is 0 Å². The molecule has 0 aliphatic carbocycles. The van der Waals surface area contributed by atoms with E-state index in [2.05, 4.69) is 29.4 Å². The number of carbonyl (C=O) groups is 1. The van der Waals surface area contributed by atoms with Gasteiger partial charge in [0.25, 0.3) is 5.91 Å². The zero-order chi connectivity index (χ0) is 11.6. The van der Waals surface area contributed by atoms with Crippen LogP contribution in [0.1, 0.15) is 24.2 Å². The van der Waals surface area contributed by atoms with Gasteiger partial charge in [-0.15, -0.1) is 0 Å². The van der Waals surface area contributed by atoms with Crippen LogP contribution >= 0.6 is 0 Å². The van der Waals surface area contributed by atoms with Crippen LogP contribution in [-0.2, 0) is 0 Å². The molecule has 1 aliphatic rings. The Bertz CT molecular complexity index is 377. The molecule has 0 atom stereocenters. The molecular weight excluding hydrogens is 204 g/mol. The topological polar surface area (TPSA) is 58.1 Å². The quantitative estimate of drug-likeness (QED) is 0.739. The lowest BCUT2D eigenvalue weighted by molar-refractivity contribution is 0.0651. The van der Waals surface area contributed by atoms with Crippen LogP contribution in [0, 0.1) is 0 Å². The molecule has 2 heterocycles. The molecule has 5 heteroatoms. The van der Waals surface area contributed by atoms with Gasteiger partial charge in [0, 0.05) is 25.2 Å². The summed E-state index contributed by atoms with van der Waals surface area (Å²) in [5.41, 5.74) is 0.585. The molecule has 0 aromatic carbocycles. The van der Waals surface area contributed by atoms with E-state index in [0.29, 0.717) is 12.1 Å². The van der Waals surface area contributed by atoms with Gasteiger partial charge in [-0.05, 0) is 19.9 Å². The summed E-state index contributed by atoms with van der Waals surface area (Å²) < 4.78 is 0. The summed E-state index contributed by atoms with van der Waals surface area (Å²) in [6.07, 6.45) is 3.05. The standard InChI is InChI=1S/C11H16N4O/c1-11(2)8-15(6-5-12-11)10(16)9-3-4-13-14-7-9/h3-4,7,12H,5-6,8H2,1-2H3. The highest BCUT2D eigenvalue weighted by Crippen LogP contribution is 2.12. The number of nitrogens with zero attached hydrogens (tertiary/aromatic N) is 3. The van der Waals surface area contributed by atoms with Gasteiger partial charge in [0.2, 0.25) is 0 Å². The summed E-state index contributed by atoms with van der Waals surface area (Å²) in [5.74, 6) is 0.0319. The zero-order valence-electron chi connectivity index (χ0n) is 9.60. The van der Waals surface area contributed by atoms with Gasteiger partial charge in [-0.1, -0.05) is 0 Å². The van der Waals surface area contributed by atoms with Gasteiger partial charge >= 0.3 is 0 Å². The van der Waals surface area contributed by atoms with Crippen molar-refractivity contribution in [1.82, 2.24) is 20.4 Å². The molecule has 1 aromatic heterocycles. The van der Waals surface area contributed by atoms with E-state index in [1.54, 1.807) is 12.3 Å². The van der Waals surface area contributed by atoms with Gasteiger partial charge < -0.3 is 10.2 Å². The predicted molar refractivity (Wildman–Crippen MR) is 60.0 cm³/mol. The average Bonchev–Trinajstić information content (AvgIpc) is 2.28. The highest BCUT2D eigenvalue weighted by molar-refractivity contribution is 5.93. The van der Waals surface area contributed by atoms with Crippen LogP contribution in [0.5, 0.6) is 0 Å². The number of aromatic nitrogens is 2. The van der Waals surface area contributed by atoms with Crippen molar-refractivity contribution in [3.63, 3.8) is 0 Å². The molecule has 5 nitrogen and oxygen atoms in total. The number of carbonyl (C=O) groups excluding carboxylic acids is 1. The summed E-state index contributed by atoms with van der Waals surface area (Å²) in [6, 6.07) is 1.70. The minimum atomic E-state index is -0.0195. The Hall–Kier alpha value is -1.49. The average molecular weight is 220 g/mol. The Morgan fingerprint density at radius 1 is 1.50 bits per heavy atom. The monoisotopic (exact) mass is 220 g/mol. The van der Waals surface area contributed by atoms with Crippen LogP contribution in [0.4, 0.5) is 0 Å². The maximum atomic E-state index is 12.1. The van der Waals surface area contributed by atoms with Crippen molar-refractivity contribution < 1.29 is 4.79 Å². The van der Waals surface area contributed by atoms with E-state index in [1.165, 1.54) is 6.20 Å². The number of amides is 1. The number of hydrogen-bond acceptors (Lipinski definition) is 4. The first-order valence-electron chi connectivity index (χ1n) is 5.39. The van der Waals surface area contributed by atoms with Crippen LogP contribution in [0.15, 0.2) is 18.5 Å². The smallest absolute Gasteiger partial charge is 0.255 e. The van der Waals surface area contributed by atoms with Crippen molar-refractivity contribution >= 4 is 5.91 Å². The largest absolute Gasteiger partial charge is 0.335 e. The van der Waals surface area contributed by atoms with Crippen LogP contribution < -0.4 is 5.32 Å². The predicted octanol–water partition coefficient (Wildman–Crippen LogP) is 0.301. The second kappa shape index (κ2) is 4.17. The summed E-state index contributed by atoms with van der Waals surface area (Å²) in [6.45, 7) is 6.48. The van der Waals surface area contributed by atoms with Crippen LogP contribution in [0.2, 0.25) is 0 Å². The summed E-state index contributed by atoms with van der Waals surface area (Å²) >= 11 is 0. The third-order valence-corrected chi connectivity index (χ3v) is 2.69. The Morgan fingerprint density at radius 2 is 2.31 bits per heavy atom. The molecule has 1 aromatic rings. The van der Waals surface area contributed by atoms with Gasteiger partial charge in [0.05, 0.1) is 18.0 Å². The van der Waals surface area contributed by atoms with E-state index < -0.39 is 0 Å². The normalized spacial score (nSPS) is 19.5. The molecule has 0 saturated carbocycles. The fourth-order valence-corrected chi connectivity index (χ4v) is 1.91. The third-order valence-electron chi connectivity index (χ3n) is 2.69. The number of rotatable bonds is 1. The number of nitrogens with one attached hydrogen (secondary N) is 1. The maximum Gasteiger partial charge on any atom is 0.255 e. The van der Waals surface area contributed by atoms with Crippen molar-refractivity contribution in [3.05, 3.63) is 24.0 Å². The van der Waals surface area contributed by atoms with Gasteiger partial charge in [-0.2, -0.15) is 10.2 Å². The lowest BCUT2D eigenvalue weighted by Crippen LogP contribution is -2.58. The fraction of sp³-hybridized carbons (Fsp3) is 0.545. The molecule has 1 amide bonds. The molecule has 16 heavy (non-hydrogen) atoms. The molecule has 1 fully saturated rings. The second-order valence-corrected chi connectivity index (χ2v) is 4.67. The molecule has 1 aliphatic heterocycles. The first-order chi connectivity index (χ1) is 7.58. The minimum absolute atomic E-state index is 0.0195. The SMILES string of the molecule is CC1(C)CN(C(=O)c2ccnnc2)CCN1. The lowest BCUT2D eigenvalue weighted by Gasteiger charge is -2.39. The molecular formula is C11H16N4O. The fourth-order valence-electron chi connectivity index (χ4n) is 1.91. The minimum Gasteiger partial charge on any atom is -0.335 e. The molecule has 1 saturated heterocycles. The second-order valence-electron chi connectivity index (χ2n) is 4.67. The third kappa shape index (κ3) is 2.36. The van der Waals surface area contributed by atoms with Crippen LogP contribution in [0.3, 0.4) is 0 Å². The summed E-state index contributed by atoms with van der Waals surface area (Å²) in [4.78, 5) is 14.0. The van der Waals surface area contributed by atoms with Crippen molar-refractivity contribution in [2.45, 2.75) is 19.4 Å². The Balaban J connectivity index is 2.11. The van der Waals surface area contributed by atoms with Gasteiger partial charge in [0.1, 0.15) is 0 Å². The Labute approximate surface area is 94.9 Å². The van der Waals surface area contributed by atoms with Gasteiger partial charge in [0.15, 0.2) is 0 Å². The molecule has 2 rings (SSSR count). The molecule has 0 unspecified atom stereocenters. The summed E-state index contributed by atoms with van der Waals surface area (Å²) in [5, 5.41) is 10.8. The van der Waals surface area contributed by atoms with E-state index in [1.807, 2.05) is 4.90 Å². The molecule has 0 bridgehead atoms. The molecule has 0 spiro atoms. The zero-order valence-corrected chi connectivity index (χ0v) is 9.60. The molecule has 86 valence electrons. The highest BCUT2D eigenvalue weighted by atomic mass is 16.2. The maximum absolute atomic E-state index is 12.1. The van der Waals surface area contributed by atoms with Crippen molar-refractivity contribution in [1.29, 1.82) is 0 Å². The van der Waals surface area contributed by atoms with E-state index in [-0.39, 0.29) is 11.4 Å². The number of hydrogen-bond donors (Lipinski definition) is 1. The first-order valence-corrected chi connectivity index (χ1v) is 5.39. The summed E-state index contributed by atoms with van der Waals surface area (Å²) in [7, 11) is 0. The Morgan fingerprint density at radius 3 is 2.94 bits per heavy atom. The van der Waals surface area contributed by atoms with E-state index >= 15 is 0 Å². The Kier molecular flexibility index (Phi) is 2.87. The van der Waals surface area contributed by atoms with E-state index in [9.17, 15) is 4.79 Å². The molecule has 0 radical (unpaired) electrons.